The number of ether oxygens (including phenoxy) is 1. The second kappa shape index (κ2) is 8.62. The Balaban J connectivity index is 2.58. The second-order valence-electron chi connectivity index (χ2n) is 6.03. The van der Waals surface area contributed by atoms with Gasteiger partial charge in [0, 0.05) is 13.1 Å². The Morgan fingerprint density at radius 2 is 1.50 bits per heavy atom. The largest absolute Gasteiger partial charge is 0.415 e. The van der Waals surface area contributed by atoms with E-state index in [0.717, 1.165) is 25.9 Å². The molecule has 20 heavy (non-hydrogen) atoms. The van der Waals surface area contributed by atoms with Crippen molar-refractivity contribution in [3.63, 3.8) is 0 Å². The van der Waals surface area contributed by atoms with Crippen molar-refractivity contribution in [2.75, 3.05) is 13.1 Å². The van der Waals surface area contributed by atoms with Crippen molar-refractivity contribution in [3.05, 3.63) is 30.3 Å². The molecule has 0 heterocycles. The molecule has 0 aliphatic carbocycles. The average molecular weight is 277 g/mol. The quantitative estimate of drug-likeness (QED) is 0.730. The standard InChI is InChI=1S/C17H27NO2/c1-14(2)10-12-18(13-11-15(3)4)17(19)20-16-8-6-5-7-9-16/h5-9,14-15H,10-13H2,1-4H3. The number of amides is 1. The molecule has 0 N–H and O–H groups in total. The first-order valence-electron chi connectivity index (χ1n) is 7.51. The summed E-state index contributed by atoms with van der Waals surface area (Å²) >= 11 is 0. The van der Waals surface area contributed by atoms with Gasteiger partial charge in [0.05, 0.1) is 0 Å². The Bertz CT molecular complexity index is 375. The van der Waals surface area contributed by atoms with Crippen LogP contribution in [0.1, 0.15) is 40.5 Å². The van der Waals surface area contributed by atoms with Crippen molar-refractivity contribution >= 4 is 6.09 Å². The predicted molar refractivity (Wildman–Crippen MR) is 82.9 cm³/mol. The number of para-hydroxylation sites is 1. The van der Waals surface area contributed by atoms with E-state index in [0.29, 0.717) is 17.6 Å². The lowest BCUT2D eigenvalue weighted by Crippen LogP contribution is -2.36. The molecule has 0 aliphatic rings. The Hall–Kier alpha value is -1.51. The van der Waals surface area contributed by atoms with Crippen molar-refractivity contribution in [1.82, 2.24) is 4.90 Å². The summed E-state index contributed by atoms with van der Waals surface area (Å²) in [6.45, 7) is 10.2. The summed E-state index contributed by atoms with van der Waals surface area (Å²) in [6, 6.07) is 9.26. The maximum atomic E-state index is 12.2. The molecule has 0 saturated heterocycles. The van der Waals surface area contributed by atoms with Crippen LogP contribution in [0.15, 0.2) is 30.3 Å². The molecule has 1 aromatic carbocycles. The number of benzene rings is 1. The van der Waals surface area contributed by atoms with Crippen molar-refractivity contribution in [1.29, 1.82) is 0 Å². The van der Waals surface area contributed by atoms with Gasteiger partial charge in [0.2, 0.25) is 0 Å². The lowest BCUT2D eigenvalue weighted by atomic mass is 10.1. The lowest BCUT2D eigenvalue weighted by Gasteiger charge is -2.23. The molecule has 1 aromatic rings. The highest BCUT2D eigenvalue weighted by Crippen LogP contribution is 2.13. The highest BCUT2D eigenvalue weighted by molar-refractivity contribution is 5.70. The van der Waals surface area contributed by atoms with Gasteiger partial charge in [0.15, 0.2) is 0 Å². The fourth-order valence-corrected chi connectivity index (χ4v) is 1.78. The Morgan fingerprint density at radius 3 is 1.95 bits per heavy atom. The number of hydrogen-bond donors (Lipinski definition) is 0. The van der Waals surface area contributed by atoms with Gasteiger partial charge in [-0.2, -0.15) is 0 Å². The van der Waals surface area contributed by atoms with Gasteiger partial charge in [0.1, 0.15) is 5.75 Å². The third kappa shape index (κ3) is 6.60. The van der Waals surface area contributed by atoms with E-state index >= 15 is 0 Å². The highest BCUT2D eigenvalue weighted by Gasteiger charge is 2.16. The van der Waals surface area contributed by atoms with E-state index in [2.05, 4.69) is 27.7 Å². The summed E-state index contributed by atoms with van der Waals surface area (Å²) < 4.78 is 5.43. The van der Waals surface area contributed by atoms with E-state index in [1.54, 1.807) is 12.1 Å². The van der Waals surface area contributed by atoms with Crippen molar-refractivity contribution in [3.8, 4) is 5.75 Å². The highest BCUT2D eigenvalue weighted by atomic mass is 16.6. The minimum atomic E-state index is -0.238. The Kier molecular flexibility index (Phi) is 7.13. The molecule has 0 aliphatic heterocycles. The summed E-state index contributed by atoms with van der Waals surface area (Å²) in [7, 11) is 0. The lowest BCUT2D eigenvalue weighted by molar-refractivity contribution is 0.147. The van der Waals surface area contributed by atoms with Gasteiger partial charge in [-0.3, -0.25) is 0 Å². The van der Waals surface area contributed by atoms with E-state index in [1.165, 1.54) is 0 Å². The molecule has 0 radical (unpaired) electrons. The maximum Gasteiger partial charge on any atom is 0.415 e. The fourth-order valence-electron chi connectivity index (χ4n) is 1.78. The molecule has 0 spiro atoms. The first-order chi connectivity index (χ1) is 9.49. The topological polar surface area (TPSA) is 29.5 Å². The van der Waals surface area contributed by atoms with Crippen molar-refractivity contribution in [2.24, 2.45) is 11.8 Å². The Morgan fingerprint density at radius 1 is 1.00 bits per heavy atom. The minimum Gasteiger partial charge on any atom is -0.410 e. The van der Waals surface area contributed by atoms with Gasteiger partial charge in [-0.05, 0) is 36.8 Å². The van der Waals surface area contributed by atoms with Gasteiger partial charge in [-0.1, -0.05) is 45.9 Å². The maximum absolute atomic E-state index is 12.2. The number of nitrogens with zero attached hydrogens (tertiary/aromatic N) is 1. The van der Waals surface area contributed by atoms with Crippen LogP contribution >= 0.6 is 0 Å². The zero-order valence-corrected chi connectivity index (χ0v) is 13.1. The molecule has 112 valence electrons. The Labute approximate surface area is 122 Å². The van der Waals surface area contributed by atoms with Crippen LogP contribution in [0.25, 0.3) is 0 Å². The molecule has 1 rings (SSSR count). The second-order valence-corrected chi connectivity index (χ2v) is 6.03. The van der Waals surface area contributed by atoms with Crippen LogP contribution in [0.2, 0.25) is 0 Å². The van der Waals surface area contributed by atoms with Crippen LogP contribution in [0.3, 0.4) is 0 Å². The summed E-state index contributed by atoms with van der Waals surface area (Å²) in [5.74, 6) is 1.78. The predicted octanol–water partition coefficient (Wildman–Crippen LogP) is 4.58. The smallest absolute Gasteiger partial charge is 0.410 e. The van der Waals surface area contributed by atoms with E-state index in [-0.39, 0.29) is 6.09 Å². The molecule has 0 fully saturated rings. The van der Waals surface area contributed by atoms with Gasteiger partial charge in [-0.25, -0.2) is 4.79 Å². The molecule has 0 saturated carbocycles. The van der Waals surface area contributed by atoms with Crippen LogP contribution in [0.5, 0.6) is 5.75 Å². The molecule has 3 nitrogen and oxygen atoms in total. The van der Waals surface area contributed by atoms with E-state index in [1.807, 2.05) is 23.1 Å². The fraction of sp³-hybridized carbons (Fsp3) is 0.588. The van der Waals surface area contributed by atoms with Gasteiger partial charge < -0.3 is 9.64 Å². The normalized spacial score (nSPS) is 10.9. The SMILES string of the molecule is CC(C)CCN(CCC(C)C)C(=O)Oc1ccccc1. The monoisotopic (exact) mass is 277 g/mol. The first-order valence-corrected chi connectivity index (χ1v) is 7.51. The third-order valence-corrected chi connectivity index (χ3v) is 3.16. The summed E-state index contributed by atoms with van der Waals surface area (Å²) in [5.41, 5.74) is 0. The number of carbonyl (C=O) groups excluding carboxylic acids is 1. The summed E-state index contributed by atoms with van der Waals surface area (Å²) in [4.78, 5) is 14.1. The van der Waals surface area contributed by atoms with Gasteiger partial charge >= 0.3 is 6.09 Å². The van der Waals surface area contributed by atoms with Crippen LogP contribution in [-0.2, 0) is 0 Å². The van der Waals surface area contributed by atoms with Crippen LogP contribution in [0.4, 0.5) is 4.79 Å². The summed E-state index contributed by atoms with van der Waals surface area (Å²) in [5, 5.41) is 0. The van der Waals surface area contributed by atoms with E-state index in [4.69, 9.17) is 4.74 Å². The average Bonchev–Trinajstić information content (AvgIpc) is 2.39. The molecule has 0 unspecified atom stereocenters. The van der Waals surface area contributed by atoms with Gasteiger partial charge in [0.25, 0.3) is 0 Å². The molecule has 3 heteroatoms. The van der Waals surface area contributed by atoms with E-state index < -0.39 is 0 Å². The molecule has 0 aromatic heterocycles. The van der Waals surface area contributed by atoms with Crippen LogP contribution in [0, 0.1) is 11.8 Å². The molecule has 0 bridgehead atoms. The van der Waals surface area contributed by atoms with Crippen LogP contribution in [-0.4, -0.2) is 24.1 Å². The summed E-state index contributed by atoms with van der Waals surface area (Å²) in [6.07, 6.45) is 1.77. The van der Waals surface area contributed by atoms with Gasteiger partial charge in [-0.15, -0.1) is 0 Å². The molecule has 0 atom stereocenters. The van der Waals surface area contributed by atoms with Crippen molar-refractivity contribution in [2.45, 2.75) is 40.5 Å². The molecular formula is C17H27NO2. The minimum absolute atomic E-state index is 0.238. The zero-order valence-electron chi connectivity index (χ0n) is 13.1. The number of rotatable bonds is 7. The zero-order chi connectivity index (χ0) is 15.0. The third-order valence-electron chi connectivity index (χ3n) is 3.16. The first kappa shape index (κ1) is 16.5. The number of carbonyl (C=O) groups is 1. The van der Waals surface area contributed by atoms with Crippen molar-refractivity contribution < 1.29 is 9.53 Å². The van der Waals surface area contributed by atoms with E-state index in [9.17, 15) is 4.79 Å². The molecule has 1 amide bonds. The van der Waals surface area contributed by atoms with Crippen LogP contribution < -0.4 is 4.74 Å². The number of hydrogen-bond acceptors (Lipinski definition) is 2. The molecular weight excluding hydrogens is 250 g/mol.